The summed E-state index contributed by atoms with van der Waals surface area (Å²) in [5, 5.41) is 5.81. The number of likely N-dealkylation sites (tertiary alicyclic amines) is 1. The molecule has 0 unspecified atom stereocenters. The molecule has 2 heterocycles. The average molecular weight is 565 g/mol. The van der Waals surface area contributed by atoms with Crippen molar-refractivity contribution >= 4 is 17.9 Å². The SMILES string of the molecule is CCCN1C(=O)[C@H](CCCCNC(=O)OCc2ccccc2)NC(=O)C12CCN(CCOCc1ccccc1)CC2. The fourth-order valence-electron chi connectivity index (χ4n) is 5.66. The van der Waals surface area contributed by atoms with Gasteiger partial charge in [-0.05, 0) is 49.7 Å². The third kappa shape index (κ3) is 8.53. The molecule has 2 aromatic rings. The van der Waals surface area contributed by atoms with Crippen LogP contribution in [0.5, 0.6) is 0 Å². The smallest absolute Gasteiger partial charge is 0.407 e. The number of alkyl carbamates (subject to hydrolysis) is 1. The van der Waals surface area contributed by atoms with Crippen LogP contribution in [-0.4, -0.2) is 78.6 Å². The van der Waals surface area contributed by atoms with Crippen LogP contribution in [0.4, 0.5) is 4.79 Å². The Labute approximate surface area is 243 Å². The van der Waals surface area contributed by atoms with Crippen molar-refractivity contribution < 1.29 is 23.9 Å². The Balaban J connectivity index is 1.17. The summed E-state index contributed by atoms with van der Waals surface area (Å²) in [6, 6.07) is 19.1. The van der Waals surface area contributed by atoms with E-state index >= 15 is 0 Å². The number of amides is 3. The lowest BCUT2D eigenvalue weighted by atomic mass is 9.81. The number of piperazine rings is 1. The molecule has 41 heavy (non-hydrogen) atoms. The number of hydrogen-bond acceptors (Lipinski definition) is 6. The first-order chi connectivity index (χ1) is 20.0. The number of unbranched alkanes of at least 4 members (excludes halogenated alkanes) is 1. The zero-order valence-corrected chi connectivity index (χ0v) is 24.2. The molecule has 9 nitrogen and oxygen atoms in total. The highest BCUT2D eigenvalue weighted by Gasteiger charge is 2.52. The number of carbonyl (C=O) groups is 3. The number of rotatable bonds is 14. The fourth-order valence-corrected chi connectivity index (χ4v) is 5.66. The molecule has 2 aliphatic rings. The largest absolute Gasteiger partial charge is 0.445 e. The second kappa shape index (κ2) is 15.5. The lowest BCUT2D eigenvalue weighted by Gasteiger charge is -2.51. The first-order valence-electron chi connectivity index (χ1n) is 14.9. The van der Waals surface area contributed by atoms with Crippen LogP contribution in [-0.2, 0) is 32.3 Å². The topological polar surface area (TPSA) is 100 Å². The standard InChI is InChI=1S/C32H44N4O5/c1-2-19-36-29(37)28(15-9-10-18-33-31(39)41-25-27-13-7-4-8-14-27)34-30(38)32(36)16-20-35(21-17-32)22-23-40-24-26-11-5-3-6-12-26/h3-8,11-14,28H,2,9-10,15-25H2,1H3,(H,33,39)(H,34,38)/t28-/m0/s1. The van der Waals surface area contributed by atoms with Crippen LogP contribution in [0.3, 0.4) is 0 Å². The summed E-state index contributed by atoms with van der Waals surface area (Å²) >= 11 is 0. The molecule has 9 heteroatoms. The average Bonchev–Trinajstić information content (AvgIpc) is 3.00. The molecule has 1 spiro atoms. The van der Waals surface area contributed by atoms with Crippen molar-refractivity contribution in [3.8, 4) is 0 Å². The molecule has 0 aliphatic carbocycles. The van der Waals surface area contributed by atoms with E-state index in [0.29, 0.717) is 58.4 Å². The van der Waals surface area contributed by atoms with Crippen LogP contribution in [0, 0.1) is 0 Å². The van der Waals surface area contributed by atoms with Crippen molar-refractivity contribution in [1.82, 2.24) is 20.4 Å². The summed E-state index contributed by atoms with van der Waals surface area (Å²) in [5.41, 5.74) is 1.32. The van der Waals surface area contributed by atoms with Crippen LogP contribution in [0.25, 0.3) is 0 Å². The molecule has 2 aliphatic heterocycles. The molecule has 0 aromatic heterocycles. The minimum atomic E-state index is -0.769. The van der Waals surface area contributed by atoms with Gasteiger partial charge in [-0.15, -0.1) is 0 Å². The molecule has 2 N–H and O–H groups in total. The normalized spacial score (nSPS) is 18.8. The number of carbonyl (C=O) groups excluding carboxylic acids is 3. The predicted octanol–water partition coefficient (Wildman–Crippen LogP) is 3.87. The van der Waals surface area contributed by atoms with E-state index in [-0.39, 0.29) is 18.4 Å². The second-order valence-electron chi connectivity index (χ2n) is 10.9. The van der Waals surface area contributed by atoms with Gasteiger partial charge in [0.15, 0.2) is 0 Å². The highest BCUT2D eigenvalue weighted by atomic mass is 16.5. The van der Waals surface area contributed by atoms with E-state index in [1.54, 1.807) is 0 Å². The van der Waals surface area contributed by atoms with Gasteiger partial charge in [0.1, 0.15) is 18.2 Å². The van der Waals surface area contributed by atoms with E-state index in [1.165, 1.54) is 0 Å². The number of piperidine rings is 1. The highest BCUT2D eigenvalue weighted by molar-refractivity contribution is 6.00. The van der Waals surface area contributed by atoms with Crippen molar-refractivity contribution in [3.63, 3.8) is 0 Å². The van der Waals surface area contributed by atoms with Gasteiger partial charge in [-0.2, -0.15) is 0 Å². The Morgan fingerprint density at radius 1 is 0.951 bits per heavy atom. The summed E-state index contributed by atoms with van der Waals surface area (Å²) in [6.07, 6.45) is 3.56. The van der Waals surface area contributed by atoms with Crippen LogP contribution < -0.4 is 10.6 Å². The van der Waals surface area contributed by atoms with E-state index in [2.05, 4.69) is 27.7 Å². The number of nitrogens with one attached hydrogen (secondary N) is 2. The molecule has 2 aromatic carbocycles. The lowest BCUT2D eigenvalue weighted by Crippen LogP contribution is -2.72. The maximum atomic E-state index is 13.5. The van der Waals surface area contributed by atoms with Gasteiger partial charge in [-0.3, -0.25) is 9.59 Å². The molecule has 0 radical (unpaired) electrons. The minimum Gasteiger partial charge on any atom is -0.445 e. The third-order valence-corrected chi connectivity index (χ3v) is 8.00. The quantitative estimate of drug-likeness (QED) is 0.338. The first kappa shape index (κ1) is 30.5. The van der Waals surface area contributed by atoms with Gasteiger partial charge in [0, 0.05) is 32.7 Å². The Kier molecular flexibility index (Phi) is 11.6. The molecular formula is C32H44N4O5. The van der Waals surface area contributed by atoms with Crippen molar-refractivity contribution in [2.75, 3.05) is 39.3 Å². The molecule has 0 saturated carbocycles. The molecule has 0 bridgehead atoms. The molecule has 2 saturated heterocycles. The Morgan fingerprint density at radius 3 is 2.27 bits per heavy atom. The van der Waals surface area contributed by atoms with Crippen LogP contribution in [0.15, 0.2) is 60.7 Å². The van der Waals surface area contributed by atoms with Crippen molar-refractivity contribution in [2.45, 2.75) is 70.2 Å². The highest BCUT2D eigenvalue weighted by Crippen LogP contribution is 2.33. The third-order valence-electron chi connectivity index (χ3n) is 8.00. The first-order valence-corrected chi connectivity index (χ1v) is 14.9. The molecular weight excluding hydrogens is 520 g/mol. The maximum absolute atomic E-state index is 13.5. The van der Waals surface area contributed by atoms with Gasteiger partial charge in [0.25, 0.3) is 0 Å². The van der Waals surface area contributed by atoms with E-state index < -0.39 is 17.7 Å². The summed E-state index contributed by atoms with van der Waals surface area (Å²) in [5.74, 6) is -0.0144. The Morgan fingerprint density at radius 2 is 1.61 bits per heavy atom. The molecule has 222 valence electrons. The summed E-state index contributed by atoms with van der Waals surface area (Å²) in [7, 11) is 0. The predicted molar refractivity (Wildman–Crippen MR) is 157 cm³/mol. The summed E-state index contributed by atoms with van der Waals surface area (Å²) < 4.78 is 11.1. The molecule has 4 rings (SSSR count). The molecule has 3 amide bonds. The Hall–Kier alpha value is -3.43. The van der Waals surface area contributed by atoms with Gasteiger partial charge in [-0.1, -0.05) is 67.6 Å². The van der Waals surface area contributed by atoms with Crippen molar-refractivity contribution in [3.05, 3.63) is 71.8 Å². The summed E-state index contributed by atoms with van der Waals surface area (Å²) in [6.45, 7) is 6.85. The van der Waals surface area contributed by atoms with Gasteiger partial charge in [0.05, 0.1) is 13.2 Å². The van der Waals surface area contributed by atoms with Crippen LogP contribution in [0.2, 0.25) is 0 Å². The van der Waals surface area contributed by atoms with E-state index in [0.717, 1.165) is 37.2 Å². The monoisotopic (exact) mass is 564 g/mol. The number of hydrogen-bond donors (Lipinski definition) is 2. The van der Waals surface area contributed by atoms with Gasteiger partial charge in [-0.25, -0.2) is 4.79 Å². The van der Waals surface area contributed by atoms with E-state index in [4.69, 9.17) is 9.47 Å². The van der Waals surface area contributed by atoms with Gasteiger partial charge >= 0.3 is 6.09 Å². The fraction of sp³-hybridized carbons (Fsp3) is 0.531. The zero-order valence-electron chi connectivity index (χ0n) is 24.2. The number of benzene rings is 2. The van der Waals surface area contributed by atoms with Crippen molar-refractivity contribution in [1.29, 1.82) is 0 Å². The molecule has 1 atom stereocenters. The van der Waals surface area contributed by atoms with Crippen LogP contribution in [0.1, 0.15) is 56.6 Å². The number of ether oxygens (including phenoxy) is 2. The molecule has 2 fully saturated rings. The van der Waals surface area contributed by atoms with Gasteiger partial charge < -0.3 is 29.9 Å². The van der Waals surface area contributed by atoms with E-state index in [9.17, 15) is 14.4 Å². The number of nitrogens with zero attached hydrogens (tertiary/aromatic N) is 2. The minimum absolute atomic E-state index is 0.0151. The second-order valence-corrected chi connectivity index (χ2v) is 10.9. The van der Waals surface area contributed by atoms with E-state index in [1.807, 2.05) is 60.4 Å². The Bertz CT molecular complexity index is 1110. The lowest BCUT2D eigenvalue weighted by molar-refractivity contribution is -0.161. The maximum Gasteiger partial charge on any atom is 0.407 e. The van der Waals surface area contributed by atoms with Crippen LogP contribution >= 0.6 is 0 Å². The van der Waals surface area contributed by atoms with Crippen molar-refractivity contribution in [2.24, 2.45) is 0 Å². The summed E-state index contributed by atoms with van der Waals surface area (Å²) in [4.78, 5) is 43.2. The van der Waals surface area contributed by atoms with Gasteiger partial charge in [0.2, 0.25) is 11.8 Å². The zero-order chi connectivity index (χ0) is 28.9.